The molecule has 0 saturated carbocycles. The van der Waals surface area contributed by atoms with E-state index in [9.17, 15) is 4.79 Å². The zero-order chi connectivity index (χ0) is 24.7. The number of nitrogens with two attached hydrogens (primary N) is 1. The van der Waals surface area contributed by atoms with Crippen LogP contribution in [0.25, 0.3) is 33.4 Å². The van der Waals surface area contributed by atoms with Crippen molar-refractivity contribution in [3.8, 4) is 22.4 Å². The molecule has 0 atom stereocenters. The van der Waals surface area contributed by atoms with Gasteiger partial charge in [-0.1, -0.05) is 30.8 Å². The van der Waals surface area contributed by atoms with Gasteiger partial charge in [0.05, 0.1) is 29.8 Å². The Kier molecular flexibility index (Phi) is 5.58. The van der Waals surface area contributed by atoms with Crippen LogP contribution in [0.1, 0.15) is 5.56 Å². The van der Waals surface area contributed by atoms with Crippen molar-refractivity contribution in [3.63, 3.8) is 0 Å². The van der Waals surface area contributed by atoms with Crippen LogP contribution in [-0.4, -0.2) is 40.7 Å². The predicted molar refractivity (Wildman–Crippen MR) is 134 cm³/mol. The highest BCUT2D eigenvalue weighted by Gasteiger charge is 2.41. The van der Waals surface area contributed by atoms with E-state index in [1.807, 2.05) is 29.8 Å². The van der Waals surface area contributed by atoms with Gasteiger partial charge in [0.25, 0.3) is 0 Å². The molecule has 8 nitrogen and oxygen atoms in total. The van der Waals surface area contributed by atoms with Crippen molar-refractivity contribution in [2.45, 2.75) is 5.54 Å². The fourth-order valence-corrected chi connectivity index (χ4v) is 4.60. The van der Waals surface area contributed by atoms with Gasteiger partial charge in [0, 0.05) is 23.9 Å². The van der Waals surface area contributed by atoms with Crippen LogP contribution in [0, 0.1) is 5.82 Å². The zero-order valence-electron chi connectivity index (χ0n) is 19.4. The lowest BCUT2D eigenvalue weighted by Gasteiger charge is -2.41. The van der Waals surface area contributed by atoms with E-state index in [0.29, 0.717) is 46.9 Å². The molecule has 0 unspecified atom stereocenters. The monoisotopic (exact) mass is 472 g/mol. The number of fused-ring (bicyclic) bond motifs is 1. The minimum Gasteiger partial charge on any atom is -0.383 e. The van der Waals surface area contributed by atoms with Crippen LogP contribution in [0.5, 0.6) is 0 Å². The van der Waals surface area contributed by atoms with Gasteiger partial charge in [0.15, 0.2) is 0 Å². The largest absolute Gasteiger partial charge is 0.383 e. The molecule has 2 aromatic carbocycles. The molecule has 4 aromatic rings. The second-order valence-electron chi connectivity index (χ2n) is 8.53. The molecule has 1 amide bonds. The second-order valence-corrected chi connectivity index (χ2v) is 8.53. The number of amides is 1. The molecule has 35 heavy (non-hydrogen) atoms. The van der Waals surface area contributed by atoms with Gasteiger partial charge in [-0.15, -0.1) is 0 Å². The smallest absolute Gasteiger partial charge is 0.247 e. The first-order valence-corrected chi connectivity index (χ1v) is 11.1. The summed E-state index contributed by atoms with van der Waals surface area (Å²) in [6, 6.07) is 12.6. The Morgan fingerprint density at radius 3 is 2.51 bits per heavy atom. The SMILES string of the molecule is C=CC(=O)Nc1ccc(-c2c(-c3ccc(C4(NC)COC4)c(F)c3)c3c(N)ncnc3n2C)cc1. The number of halogens is 1. The van der Waals surface area contributed by atoms with Crippen molar-refractivity contribution in [1.82, 2.24) is 19.9 Å². The fourth-order valence-electron chi connectivity index (χ4n) is 4.60. The summed E-state index contributed by atoms with van der Waals surface area (Å²) in [5.41, 5.74) is 10.6. The summed E-state index contributed by atoms with van der Waals surface area (Å²) in [4.78, 5) is 20.3. The number of benzene rings is 2. The number of aromatic nitrogens is 3. The molecule has 1 aliphatic heterocycles. The first kappa shape index (κ1) is 22.7. The fraction of sp³-hybridized carbons (Fsp3) is 0.192. The number of hydrogen-bond acceptors (Lipinski definition) is 6. The number of nitrogen functional groups attached to an aromatic ring is 1. The van der Waals surface area contributed by atoms with Gasteiger partial charge in [0.2, 0.25) is 5.91 Å². The minimum absolute atomic E-state index is 0.294. The molecule has 0 radical (unpaired) electrons. The van der Waals surface area contributed by atoms with Crippen molar-refractivity contribution in [2.24, 2.45) is 7.05 Å². The third kappa shape index (κ3) is 3.65. The van der Waals surface area contributed by atoms with Crippen molar-refractivity contribution >= 4 is 28.4 Å². The van der Waals surface area contributed by atoms with Crippen LogP contribution < -0.4 is 16.4 Å². The van der Waals surface area contributed by atoms with Crippen LogP contribution >= 0.6 is 0 Å². The maximum atomic E-state index is 15.5. The van der Waals surface area contributed by atoms with E-state index in [-0.39, 0.29) is 11.7 Å². The summed E-state index contributed by atoms with van der Waals surface area (Å²) in [6.45, 7) is 4.30. The van der Waals surface area contributed by atoms with Crippen molar-refractivity contribution in [3.05, 3.63) is 72.8 Å². The number of aryl methyl sites for hydroxylation is 1. The summed E-state index contributed by atoms with van der Waals surface area (Å²) < 4.78 is 22.7. The number of hydrogen-bond donors (Lipinski definition) is 3. The Morgan fingerprint density at radius 2 is 1.91 bits per heavy atom. The normalized spacial score (nSPS) is 14.5. The maximum absolute atomic E-state index is 15.5. The van der Waals surface area contributed by atoms with Crippen LogP contribution in [-0.2, 0) is 22.1 Å². The van der Waals surface area contributed by atoms with Gasteiger partial charge in [-0.3, -0.25) is 4.79 Å². The first-order valence-electron chi connectivity index (χ1n) is 11.1. The molecule has 0 aliphatic carbocycles. The number of carbonyl (C=O) groups is 1. The van der Waals surface area contributed by atoms with E-state index in [2.05, 4.69) is 27.2 Å². The lowest BCUT2D eigenvalue weighted by molar-refractivity contribution is -0.111. The number of rotatable bonds is 6. The van der Waals surface area contributed by atoms with Crippen molar-refractivity contribution in [2.75, 3.05) is 31.3 Å². The summed E-state index contributed by atoms with van der Waals surface area (Å²) in [5, 5.41) is 6.58. The molecule has 5 rings (SSSR count). The topological polar surface area (TPSA) is 107 Å². The zero-order valence-corrected chi connectivity index (χ0v) is 19.4. The van der Waals surface area contributed by atoms with Gasteiger partial charge < -0.3 is 25.7 Å². The highest BCUT2D eigenvalue weighted by atomic mass is 19.1. The molecule has 0 bridgehead atoms. The Labute approximate surface area is 201 Å². The number of anilines is 2. The minimum atomic E-state index is -0.530. The Bertz CT molecular complexity index is 1450. The number of likely N-dealkylation sites (N-methyl/N-ethyl adjacent to an activating group) is 1. The summed E-state index contributed by atoms with van der Waals surface area (Å²) in [6.07, 6.45) is 2.62. The van der Waals surface area contributed by atoms with Crippen molar-refractivity contribution < 1.29 is 13.9 Å². The van der Waals surface area contributed by atoms with E-state index < -0.39 is 5.54 Å². The first-order chi connectivity index (χ1) is 16.9. The number of ether oxygens (including phenoxy) is 1. The quantitative estimate of drug-likeness (QED) is 0.370. The molecule has 1 saturated heterocycles. The number of nitrogens with one attached hydrogen (secondary N) is 2. The average Bonchev–Trinajstić information content (AvgIpc) is 3.13. The highest BCUT2D eigenvalue weighted by molar-refractivity contribution is 6.08. The van der Waals surface area contributed by atoms with Gasteiger partial charge in [-0.2, -0.15) is 0 Å². The molecule has 1 fully saturated rings. The standard InChI is InChI=1S/C26H25FN6O2/c1-4-20(34)32-17-8-5-15(6-9-17)23-21(22-24(28)30-14-31-25(22)33(23)3)16-7-10-18(19(27)11-16)26(29-2)12-35-13-26/h4-11,14,29H,1,12-13H2,2-3H3,(H,32,34)(H2,28,30,31). The van der Waals surface area contributed by atoms with Crippen LogP contribution in [0.3, 0.4) is 0 Å². The lowest BCUT2D eigenvalue weighted by Crippen LogP contribution is -2.56. The summed E-state index contributed by atoms with van der Waals surface area (Å²) in [5.74, 6) is -0.316. The number of carbonyl (C=O) groups excluding carboxylic acids is 1. The molecular weight excluding hydrogens is 447 g/mol. The van der Waals surface area contributed by atoms with Crippen LogP contribution in [0.15, 0.2) is 61.4 Å². The Hall–Kier alpha value is -4.08. The van der Waals surface area contributed by atoms with Gasteiger partial charge in [0.1, 0.15) is 23.6 Å². The van der Waals surface area contributed by atoms with Gasteiger partial charge in [-0.25, -0.2) is 14.4 Å². The molecule has 3 heterocycles. The number of nitrogens with zero attached hydrogens (tertiary/aromatic N) is 3. The predicted octanol–water partition coefficient (Wildman–Crippen LogP) is 3.59. The van der Waals surface area contributed by atoms with Crippen LogP contribution in [0.4, 0.5) is 15.9 Å². The summed E-state index contributed by atoms with van der Waals surface area (Å²) in [7, 11) is 3.69. The van der Waals surface area contributed by atoms with Gasteiger partial charge >= 0.3 is 0 Å². The molecule has 9 heteroatoms. The molecule has 4 N–H and O–H groups in total. The van der Waals surface area contributed by atoms with E-state index in [1.165, 1.54) is 18.5 Å². The van der Waals surface area contributed by atoms with E-state index in [4.69, 9.17) is 10.5 Å². The van der Waals surface area contributed by atoms with Gasteiger partial charge in [-0.05, 0) is 42.4 Å². The van der Waals surface area contributed by atoms with Crippen LogP contribution in [0.2, 0.25) is 0 Å². The average molecular weight is 473 g/mol. The van der Waals surface area contributed by atoms with E-state index >= 15 is 4.39 Å². The van der Waals surface area contributed by atoms with E-state index in [0.717, 1.165) is 16.8 Å². The lowest BCUT2D eigenvalue weighted by atomic mass is 9.86. The van der Waals surface area contributed by atoms with Crippen molar-refractivity contribution in [1.29, 1.82) is 0 Å². The highest BCUT2D eigenvalue weighted by Crippen LogP contribution is 2.43. The Morgan fingerprint density at radius 1 is 1.20 bits per heavy atom. The second kappa shape index (κ2) is 8.61. The molecule has 0 spiro atoms. The molecule has 1 aliphatic rings. The molecule has 178 valence electrons. The molecule has 2 aromatic heterocycles. The van der Waals surface area contributed by atoms with E-state index in [1.54, 1.807) is 25.2 Å². The molecular formula is C26H25FN6O2. The third-order valence-corrected chi connectivity index (χ3v) is 6.56. The Balaban J connectivity index is 1.69. The summed E-state index contributed by atoms with van der Waals surface area (Å²) >= 11 is 0. The third-order valence-electron chi connectivity index (χ3n) is 6.56. The maximum Gasteiger partial charge on any atom is 0.247 e.